The van der Waals surface area contributed by atoms with E-state index in [1.807, 2.05) is 51.1 Å². The minimum absolute atomic E-state index is 0.0255. The van der Waals surface area contributed by atoms with Gasteiger partial charge in [-0.15, -0.1) is 0 Å². The van der Waals surface area contributed by atoms with Gasteiger partial charge in [0, 0.05) is 13.1 Å². The zero-order chi connectivity index (χ0) is 20.1. The lowest BCUT2D eigenvalue weighted by molar-refractivity contribution is 0.0236. The maximum Gasteiger partial charge on any atom is 0.410 e. The summed E-state index contributed by atoms with van der Waals surface area (Å²) in [6, 6.07) is 18.4. The van der Waals surface area contributed by atoms with Crippen LogP contribution >= 0.6 is 0 Å². The molecule has 0 aliphatic carbocycles. The number of amides is 1. The monoisotopic (exact) mass is 379 g/mol. The van der Waals surface area contributed by atoms with Gasteiger partial charge in [0.1, 0.15) is 5.60 Å². The molecule has 1 amide bonds. The zero-order valence-electron chi connectivity index (χ0n) is 16.9. The number of aliphatic hydroxyl groups excluding tert-OH is 1. The van der Waals surface area contributed by atoms with E-state index < -0.39 is 5.60 Å². The molecule has 0 spiro atoms. The van der Waals surface area contributed by atoms with Crippen molar-refractivity contribution in [3.05, 3.63) is 76.9 Å². The number of carbonyl (C=O) groups excluding carboxylic acids is 1. The van der Waals surface area contributed by atoms with Gasteiger partial charge in [-0.05, 0) is 61.9 Å². The standard InChI is InChI=1S/C24H29NO3/c1-24(2,3)28-23(27)25-14-12-20(13-15-25)22(19-9-5-4-6-10-19)21-11-7-8-18(16-21)17-26/h4-11,16,26H,12-15,17H2,1-3H3. The maximum absolute atomic E-state index is 12.4. The number of aliphatic hydroxyl groups is 1. The van der Waals surface area contributed by atoms with Crippen LogP contribution in [0.15, 0.2) is 60.2 Å². The zero-order valence-corrected chi connectivity index (χ0v) is 16.9. The van der Waals surface area contributed by atoms with Crippen LogP contribution in [-0.4, -0.2) is 34.8 Å². The third-order valence-corrected chi connectivity index (χ3v) is 4.83. The van der Waals surface area contributed by atoms with E-state index in [1.165, 1.54) is 16.7 Å². The van der Waals surface area contributed by atoms with Gasteiger partial charge in [0.2, 0.25) is 0 Å². The lowest BCUT2D eigenvalue weighted by Crippen LogP contribution is -2.40. The van der Waals surface area contributed by atoms with Gasteiger partial charge in [0.05, 0.1) is 6.61 Å². The second-order valence-electron chi connectivity index (χ2n) is 8.17. The molecule has 0 radical (unpaired) electrons. The summed E-state index contributed by atoms with van der Waals surface area (Å²) >= 11 is 0. The van der Waals surface area contributed by atoms with E-state index in [2.05, 4.69) is 24.3 Å². The Balaban J connectivity index is 1.89. The molecule has 2 aromatic carbocycles. The number of likely N-dealkylation sites (tertiary alicyclic amines) is 1. The molecule has 1 heterocycles. The molecule has 28 heavy (non-hydrogen) atoms. The molecule has 1 aliphatic heterocycles. The van der Waals surface area contributed by atoms with Crippen molar-refractivity contribution in [1.82, 2.24) is 4.90 Å². The number of rotatable bonds is 3. The van der Waals surface area contributed by atoms with E-state index in [-0.39, 0.29) is 12.7 Å². The Bertz CT molecular complexity index is 840. The van der Waals surface area contributed by atoms with Crippen molar-refractivity contribution >= 4 is 11.7 Å². The third kappa shape index (κ3) is 5.02. The summed E-state index contributed by atoms with van der Waals surface area (Å²) in [6.45, 7) is 7.00. The number of carbonyl (C=O) groups is 1. The van der Waals surface area contributed by atoms with Crippen molar-refractivity contribution < 1.29 is 14.6 Å². The Morgan fingerprint density at radius 3 is 2.25 bits per heavy atom. The van der Waals surface area contributed by atoms with Crippen LogP contribution in [0.5, 0.6) is 0 Å². The molecule has 1 fully saturated rings. The topological polar surface area (TPSA) is 49.8 Å². The number of hydrogen-bond donors (Lipinski definition) is 1. The van der Waals surface area contributed by atoms with Crippen molar-refractivity contribution in [2.24, 2.45) is 0 Å². The molecule has 4 nitrogen and oxygen atoms in total. The number of piperidine rings is 1. The summed E-state index contributed by atoms with van der Waals surface area (Å²) in [5, 5.41) is 9.54. The largest absolute Gasteiger partial charge is 0.444 e. The minimum Gasteiger partial charge on any atom is -0.444 e. The molecule has 1 N–H and O–H groups in total. The average Bonchev–Trinajstić information content (AvgIpc) is 2.68. The van der Waals surface area contributed by atoms with Crippen LogP contribution in [0, 0.1) is 0 Å². The van der Waals surface area contributed by atoms with Crippen LogP contribution in [-0.2, 0) is 11.3 Å². The van der Waals surface area contributed by atoms with Crippen LogP contribution in [0.1, 0.15) is 50.3 Å². The fourth-order valence-corrected chi connectivity index (χ4v) is 3.54. The predicted molar refractivity (Wildman–Crippen MR) is 112 cm³/mol. The highest BCUT2D eigenvalue weighted by molar-refractivity contribution is 5.82. The molecular weight excluding hydrogens is 350 g/mol. The summed E-state index contributed by atoms with van der Waals surface area (Å²) in [5.74, 6) is 0. The number of hydrogen-bond acceptors (Lipinski definition) is 3. The predicted octanol–water partition coefficient (Wildman–Crippen LogP) is 5.01. The fraction of sp³-hybridized carbons (Fsp3) is 0.375. The second kappa shape index (κ2) is 8.61. The molecule has 1 aliphatic rings. The van der Waals surface area contributed by atoms with Crippen LogP contribution in [0.3, 0.4) is 0 Å². The molecule has 0 unspecified atom stereocenters. The first kappa shape index (κ1) is 20.2. The summed E-state index contributed by atoms with van der Waals surface area (Å²) in [5.41, 5.74) is 5.24. The highest BCUT2D eigenvalue weighted by Crippen LogP contribution is 2.33. The van der Waals surface area contributed by atoms with Gasteiger partial charge in [-0.2, -0.15) is 0 Å². The second-order valence-corrected chi connectivity index (χ2v) is 8.17. The first-order chi connectivity index (χ1) is 13.4. The highest BCUT2D eigenvalue weighted by Gasteiger charge is 2.26. The van der Waals surface area contributed by atoms with Gasteiger partial charge < -0.3 is 14.7 Å². The van der Waals surface area contributed by atoms with Gasteiger partial charge in [0.15, 0.2) is 0 Å². The quantitative estimate of drug-likeness (QED) is 0.815. The lowest BCUT2D eigenvalue weighted by atomic mass is 9.88. The molecule has 3 rings (SSSR count). The maximum atomic E-state index is 12.4. The normalized spacial score (nSPS) is 14.7. The summed E-state index contributed by atoms with van der Waals surface area (Å²) in [4.78, 5) is 14.2. The van der Waals surface area contributed by atoms with E-state index >= 15 is 0 Å². The van der Waals surface area contributed by atoms with E-state index in [4.69, 9.17) is 4.74 Å². The van der Waals surface area contributed by atoms with E-state index in [0.717, 1.165) is 24.0 Å². The highest BCUT2D eigenvalue weighted by atomic mass is 16.6. The summed E-state index contributed by atoms with van der Waals surface area (Å²) in [6.07, 6.45) is 1.38. The van der Waals surface area contributed by atoms with Crippen molar-refractivity contribution in [1.29, 1.82) is 0 Å². The van der Waals surface area contributed by atoms with Crippen molar-refractivity contribution in [2.45, 2.75) is 45.8 Å². The molecular formula is C24H29NO3. The van der Waals surface area contributed by atoms with Gasteiger partial charge >= 0.3 is 6.09 Å². The first-order valence-corrected chi connectivity index (χ1v) is 9.83. The molecule has 2 aromatic rings. The van der Waals surface area contributed by atoms with Crippen molar-refractivity contribution in [3.8, 4) is 0 Å². The van der Waals surface area contributed by atoms with Crippen LogP contribution < -0.4 is 0 Å². The molecule has 0 bridgehead atoms. The Morgan fingerprint density at radius 1 is 1.00 bits per heavy atom. The molecule has 0 atom stereocenters. The van der Waals surface area contributed by atoms with Gasteiger partial charge in [-0.25, -0.2) is 4.79 Å². The van der Waals surface area contributed by atoms with E-state index in [0.29, 0.717) is 13.1 Å². The van der Waals surface area contributed by atoms with Crippen molar-refractivity contribution in [3.63, 3.8) is 0 Å². The Kier molecular flexibility index (Phi) is 6.20. The van der Waals surface area contributed by atoms with E-state index in [1.54, 1.807) is 4.90 Å². The molecule has 148 valence electrons. The van der Waals surface area contributed by atoms with Crippen molar-refractivity contribution in [2.75, 3.05) is 13.1 Å². The molecule has 0 saturated carbocycles. The fourth-order valence-electron chi connectivity index (χ4n) is 3.54. The summed E-state index contributed by atoms with van der Waals surface area (Å²) in [7, 11) is 0. The minimum atomic E-state index is -0.479. The molecule has 0 aromatic heterocycles. The summed E-state index contributed by atoms with van der Waals surface area (Å²) < 4.78 is 5.52. The Hall–Kier alpha value is -2.59. The smallest absolute Gasteiger partial charge is 0.410 e. The van der Waals surface area contributed by atoms with Gasteiger partial charge in [-0.1, -0.05) is 54.1 Å². The number of nitrogens with zero attached hydrogens (tertiary/aromatic N) is 1. The molecule has 4 heteroatoms. The first-order valence-electron chi connectivity index (χ1n) is 9.83. The Morgan fingerprint density at radius 2 is 1.64 bits per heavy atom. The van der Waals surface area contributed by atoms with Crippen LogP contribution in [0.25, 0.3) is 5.57 Å². The van der Waals surface area contributed by atoms with E-state index in [9.17, 15) is 9.90 Å². The average molecular weight is 380 g/mol. The molecule has 1 saturated heterocycles. The Labute approximate surface area is 167 Å². The van der Waals surface area contributed by atoms with Crippen LogP contribution in [0.4, 0.5) is 4.79 Å². The third-order valence-electron chi connectivity index (χ3n) is 4.83. The SMILES string of the molecule is CC(C)(C)OC(=O)N1CCC(=C(c2ccccc2)c2cccc(CO)c2)CC1. The number of ether oxygens (including phenoxy) is 1. The van der Waals surface area contributed by atoms with Gasteiger partial charge in [0.25, 0.3) is 0 Å². The van der Waals surface area contributed by atoms with Gasteiger partial charge in [-0.3, -0.25) is 0 Å². The lowest BCUT2D eigenvalue weighted by Gasteiger charge is -2.32. The van der Waals surface area contributed by atoms with Crippen LogP contribution in [0.2, 0.25) is 0 Å². The number of benzene rings is 2.